The van der Waals surface area contributed by atoms with Crippen molar-refractivity contribution >= 4 is 17.5 Å². The zero-order valence-electron chi connectivity index (χ0n) is 18.4. The Kier molecular flexibility index (Phi) is 6.75. The van der Waals surface area contributed by atoms with Gasteiger partial charge in [-0.15, -0.1) is 0 Å². The standard InChI is InChI=1S/C25H25N3O5/c1-16-8-10-20(31-2)19(14-16)26-25(30)23(17-6-4-3-5-7-17)27-28-24(29)18-9-11-21-22(15-18)33-13-12-32-21/h3-11,14-15,23,27H,12-13H2,1-2H3,(H,26,30)(H,28,29). The number of methoxy groups -OCH3 is 1. The fourth-order valence-electron chi connectivity index (χ4n) is 3.46. The Morgan fingerprint density at radius 2 is 1.70 bits per heavy atom. The molecule has 1 heterocycles. The van der Waals surface area contributed by atoms with Gasteiger partial charge in [-0.3, -0.25) is 15.0 Å². The van der Waals surface area contributed by atoms with E-state index < -0.39 is 11.9 Å². The largest absolute Gasteiger partial charge is 0.495 e. The molecule has 0 aliphatic carbocycles. The van der Waals surface area contributed by atoms with Crippen molar-refractivity contribution in [2.24, 2.45) is 0 Å². The first-order valence-corrected chi connectivity index (χ1v) is 10.5. The molecule has 8 heteroatoms. The predicted molar refractivity (Wildman–Crippen MR) is 124 cm³/mol. The molecular weight excluding hydrogens is 422 g/mol. The van der Waals surface area contributed by atoms with E-state index in [4.69, 9.17) is 14.2 Å². The van der Waals surface area contributed by atoms with Crippen molar-refractivity contribution in [1.29, 1.82) is 0 Å². The highest BCUT2D eigenvalue weighted by Gasteiger charge is 2.23. The summed E-state index contributed by atoms with van der Waals surface area (Å²) in [4.78, 5) is 26.0. The SMILES string of the molecule is COc1ccc(C)cc1NC(=O)C(NNC(=O)c1ccc2c(c1)OCCO2)c1ccccc1. The fraction of sp³-hybridized carbons (Fsp3) is 0.200. The lowest BCUT2D eigenvalue weighted by molar-refractivity contribution is -0.118. The summed E-state index contributed by atoms with van der Waals surface area (Å²) in [5.74, 6) is 0.889. The highest BCUT2D eigenvalue weighted by Crippen LogP contribution is 2.31. The van der Waals surface area contributed by atoms with Crippen LogP contribution < -0.4 is 30.4 Å². The van der Waals surface area contributed by atoms with Gasteiger partial charge in [0.1, 0.15) is 25.0 Å². The van der Waals surface area contributed by atoms with Crippen molar-refractivity contribution in [1.82, 2.24) is 10.9 Å². The van der Waals surface area contributed by atoms with Gasteiger partial charge in [0.25, 0.3) is 5.91 Å². The van der Waals surface area contributed by atoms with Gasteiger partial charge in [0.15, 0.2) is 11.5 Å². The molecule has 1 aliphatic heterocycles. The Morgan fingerprint density at radius 1 is 0.939 bits per heavy atom. The molecule has 2 amide bonds. The molecule has 1 atom stereocenters. The number of aryl methyl sites for hydroxylation is 1. The topological polar surface area (TPSA) is 97.9 Å². The maximum atomic E-state index is 13.2. The monoisotopic (exact) mass is 447 g/mol. The van der Waals surface area contributed by atoms with Gasteiger partial charge in [-0.25, -0.2) is 5.43 Å². The van der Waals surface area contributed by atoms with Gasteiger partial charge < -0.3 is 19.5 Å². The maximum absolute atomic E-state index is 13.2. The highest BCUT2D eigenvalue weighted by molar-refractivity contribution is 5.98. The van der Waals surface area contributed by atoms with Gasteiger partial charge >= 0.3 is 0 Å². The van der Waals surface area contributed by atoms with Gasteiger partial charge in [0, 0.05) is 5.56 Å². The summed E-state index contributed by atoms with van der Waals surface area (Å²) < 4.78 is 16.4. The molecule has 8 nitrogen and oxygen atoms in total. The van der Waals surface area contributed by atoms with E-state index in [0.717, 1.165) is 5.56 Å². The number of amides is 2. The van der Waals surface area contributed by atoms with Crippen molar-refractivity contribution in [2.75, 3.05) is 25.6 Å². The van der Waals surface area contributed by atoms with E-state index in [1.54, 1.807) is 43.5 Å². The molecule has 3 N–H and O–H groups in total. The number of hydrogen-bond acceptors (Lipinski definition) is 6. The number of hydrogen-bond donors (Lipinski definition) is 3. The minimum atomic E-state index is -0.849. The zero-order valence-corrected chi connectivity index (χ0v) is 18.4. The van der Waals surface area contributed by atoms with Gasteiger partial charge in [-0.1, -0.05) is 36.4 Å². The first kappa shape index (κ1) is 22.2. The molecular formula is C25H25N3O5. The van der Waals surface area contributed by atoms with Crippen LogP contribution in [0.1, 0.15) is 27.5 Å². The van der Waals surface area contributed by atoms with Crippen LogP contribution in [0.3, 0.4) is 0 Å². The third-order valence-electron chi connectivity index (χ3n) is 5.14. The summed E-state index contributed by atoms with van der Waals surface area (Å²) in [5, 5.41) is 2.89. The smallest absolute Gasteiger partial charge is 0.265 e. The van der Waals surface area contributed by atoms with Gasteiger partial charge in [-0.2, -0.15) is 0 Å². The van der Waals surface area contributed by atoms with Crippen LogP contribution in [0.4, 0.5) is 5.69 Å². The predicted octanol–water partition coefficient (Wildman–Crippen LogP) is 3.39. The maximum Gasteiger partial charge on any atom is 0.265 e. The van der Waals surface area contributed by atoms with Crippen LogP contribution in [0, 0.1) is 6.92 Å². The van der Waals surface area contributed by atoms with E-state index in [1.165, 1.54) is 0 Å². The molecule has 1 aliphatic rings. The van der Waals surface area contributed by atoms with Crippen molar-refractivity contribution in [3.8, 4) is 17.2 Å². The molecule has 0 saturated heterocycles. The van der Waals surface area contributed by atoms with E-state index in [1.807, 2.05) is 37.3 Å². The van der Waals surface area contributed by atoms with E-state index in [9.17, 15) is 9.59 Å². The summed E-state index contributed by atoms with van der Waals surface area (Å²) in [6, 6.07) is 18.7. The molecule has 0 spiro atoms. The van der Waals surface area contributed by atoms with E-state index >= 15 is 0 Å². The summed E-state index contributed by atoms with van der Waals surface area (Å²) >= 11 is 0. The van der Waals surface area contributed by atoms with Crippen LogP contribution >= 0.6 is 0 Å². The number of ether oxygens (including phenoxy) is 3. The van der Waals surface area contributed by atoms with Crippen LogP contribution in [0.2, 0.25) is 0 Å². The van der Waals surface area contributed by atoms with Crippen LogP contribution in [-0.4, -0.2) is 32.1 Å². The quantitative estimate of drug-likeness (QED) is 0.481. The lowest BCUT2D eigenvalue weighted by Crippen LogP contribution is -2.44. The first-order chi connectivity index (χ1) is 16.0. The van der Waals surface area contributed by atoms with Gasteiger partial charge in [0.2, 0.25) is 5.91 Å². The van der Waals surface area contributed by atoms with Crippen LogP contribution in [0.25, 0.3) is 0 Å². The Bertz CT molecular complexity index is 1150. The summed E-state index contributed by atoms with van der Waals surface area (Å²) in [5.41, 5.74) is 8.07. The first-order valence-electron chi connectivity index (χ1n) is 10.5. The number of benzene rings is 3. The number of anilines is 1. The molecule has 33 heavy (non-hydrogen) atoms. The van der Waals surface area contributed by atoms with E-state index in [2.05, 4.69) is 16.2 Å². The van der Waals surface area contributed by atoms with Crippen molar-refractivity contribution in [3.05, 3.63) is 83.4 Å². The average Bonchev–Trinajstić information content (AvgIpc) is 2.84. The second-order valence-electron chi connectivity index (χ2n) is 7.49. The minimum absolute atomic E-state index is 0.354. The fourth-order valence-corrected chi connectivity index (χ4v) is 3.46. The Labute approximate surface area is 191 Å². The van der Waals surface area contributed by atoms with Gasteiger partial charge in [0.05, 0.1) is 12.8 Å². The molecule has 0 fully saturated rings. The number of hydrazine groups is 1. The molecule has 170 valence electrons. The number of carbonyl (C=O) groups excluding carboxylic acids is 2. The van der Waals surface area contributed by atoms with Crippen LogP contribution in [0.5, 0.6) is 17.2 Å². The Hall–Kier alpha value is -4.04. The van der Waals surface area contributed by atoms with Crippen LogP contribution in [-0.2, 0) is 4.79 Å². The van der Waals surface area contributed by atoms with Gasteiger partial charge in [-0.05, 0) is 48.4 Å². The lowest BCUT2D eigenvalue weighted by Gasteiger charge is -2.21. The Balaban J connectivity index is 1.51. The molecule has 0 aromatic heterocycles. The molecule has 0 bridgehead atoms. The second kappa shape index (κ2) is 10.1. The van der Waals surface area contributed by atoms with Crippen molar-refractivity contribution in [3.63, 3.8) is 0 Å². The molecule has 4 rings (SSSR count). The summed E-state index contributed by atoms with van der Waals surface area (Å²) in [7, 11) is 1.54. The van der Waals surface area contributed by atoms with E-state index in [0.29, 0.717) is 47.3 Å². The average molecular weight is 447 g/mol. The number of carbonyl (C=O) groups is 2. The molecule has 0 radical (unpaired) electrons. The van der Waals surface area contributed by atoms with Crippen LogP contribution in [0.15, 0.2) is 66.7 Å². The molecule has 1 unspecified atom stereocenters. The Morgan fingerprint density at radius 3 is 2.45 bits per heavy atom. The van der Waals surface area contributed by atoms with Crippen molar-refractivity contribution < 1.29 is 23.8 Å². The highest BCUT2D eigenvalue weighted by atomic mass is 16.6. The lowest BCUT2D eigenvalue weighted by atomic mass is 10.1. The third kappa shape index (κ3) is 5.24. The number of nitrogens with one attached hydrogen (secondary N) is 3. The molecule has 0 saturated carbocycles. The summed E-state index contributed by atoms with van der Waals surface area (Å²) in [6.07, 6.45) is 0. The normalized spacial score (nSPS) is 13.0. The van der Waals surface area contributed by atoms with Crippen molar-refractivity contribution in [2.45, 2.75) is 13.0 Å². The molecule has 3 aromatic carbocycles. The number of fused-ring (bicyclic) bond motifs is 1. The number of rotatable bonds is 7. The van der Waals surface area contributed by atoms with E-state index in [-0.39, 0.29) is 5.91 Å². The zero-order chi connectivity index (χ0) is 23.2. The second-order valence-corrected chi connectivity index (χ2v) is 7.49. The summed E-state index contributed by atoms with van der Waals surface area (Å²) in [6.45, 7) is 2.82. The molecule has 3 aromatic rings. The minimum Gasteiger partial charge on any atom is -0.495 e. The third-order valence-corrected chi connectivity index (χ3v) is 5.14.